The first kappa shape index (κ1) is 23.7. The second kappa shape index (κ2) is 13.1. The van der Waals surface area contributed by atoms with Crippen LogP contribution in [0.15, 0.2) is 0 Å². The maximum absolute atomic E-state index is 9.43. The molecule has 0 radical (unpaired) electrons. The monoisotopic (exact) mass is 255 g/mol. The van der Waals surface area contributed by atoms with Crippen molar-refractivity contribution in [1.82, 2.24) is 4.90 Å². The van der Waals surface area contributed by atoms with Gasteiger partial charge in [0, 0.05) is 14.1 Å². The fourth-order valence-corrected chi connectivity index (χ4v) is 0. The van der Waals surface area contributed by atoms with Crippen LogP contribution in [0, 0.1) is 0 Å². The Balaban J connectivity index is -0.00000000970. The maximum Gasteiger partial charge on any atom is 2.00 e. The molecule has 0 atom stereocenters. The van der Waals surface area contributed by atoms with Gasteiger partial charge in [-0.3, -0.25) is 4.79 Å². The first-order chi connectivity index (χ1) is 4.27. The standard InChI is InChI=1S/C3H7NO.2Ca.H3O4P.4H/c1-4(2)3-5;;;1-5(2,3)4;;;;/h3H,1-2H3;;;(H3,1,2,3,4);;;;/q;2*+2;;4*-1. The quantitative estimate of drug-likeness (QED) is 0.300. The van der Waals surface area contributed by atoms with E-state index in [2.05, 4.69) is 0 Å². The largest absolute Gasteiger partial charge is 2.00 e. The van der Waals surface area contributed by atoms with Gasteiger partial charge in [0.1, 0.15) is 0 Å². The Morgan fingerprint density at radius 1 is 1.25 bits per heavy atom. The number of phosphoric acid groups is 1. The fourth-order valence-electron chi connectivity index (χ4n) is 0. The van der Waals surface area contributed by atoms with E-state index < -0.39 is 7.82 Å². The van der Waals surface area contributed by atoms with Crippen molar-refractivity contribution in [3.8, 4) is 0 Å². The Hall–Kier alpha value is 2.10. The Bertz CT molecular complexity index is 141. The summed E-state index contributed by atoms with van der Waals surface area (Å²) in [5.74, 6) is 0. The molecule has 0 unspecified atom stereocenters. The zero-order valence-electron chi connectivity index (χ0n) is 11.0. The SMILES string of the molecule is CN(C)C=O.O=P(O)(O)O.[Ca+2].[Ca+2].[H-].[H-].[H-].[H-]. The van der Waals surface area contributed by atoms with Gasteiger partial charge in [-0.05, 0) is 0 Å². The van der Waals surface area contributed by atoms with Gasteiger partial charge < -0.3 is 25.3 Å². The number of carbonyl (C=O) groups is 1. The molecule has 0 aliphatic heterocycles. The average molecular weight is 255 g/mol. The summed E-state index contributed by atoms with van der Waals surface area (Å²) in [7, 11) is -1.26. The predicted molar refractivity (Wildman–Crippen MR) is 50.0 cm³/mol. The molecule has 70 valence electrons. The number of rotatable bonds is 1. The van der Waals surface area contributed by atoms with Gasteiger partial charge in [0.05, 0.1) is 0 Å². The molecule has 0 saturated carbocycles. The summed E-state index contributed by atoms with van der Waals surface area (Å²) in [6, 6.07) is 0. The van der Waals surface area contributed by atoms with Crippen LogP contribution in [-0.4, -0.2) is 116 Å². The van der Waals surface area contributed by atoms with Crippen LogP contribution in [0.25, 0.3) is 0 Å². The van der Waals surface area contributed by atoms with Crippen LogP contribution in [0.2, 0.25) is 0 Å². The number of hydrogen-bond donors (Lipinski definition) is 3. The van der Waals surface area contributed by atoms with E-state index >= 15 is 0 Å². The molecule has 0 saturated heterocycles. The van der Waals surface area contributed by atoms with E-state index in [1.807, 2.05) is 0 Å². The molecular formula is C3H14Ca2NO5P. The summed E-state index contributed by atoms with van der Waals surface area (Å²) >= 11 is 0. The van der Waals surface area contributed by atoms with Crippen LogP contribution >= 0.6 is 7.82 Å². The first-order valence-electron chi connectivity index (χ1n) is 2.17. The van der Waals surface area contributed by atoms with Gasteiger partial charge in [-0.25, -0.2) is 4.57 Å². The maximum atomic E-state index is 9.43. The zero-order chi connectivity index (χ0) is 8.78. The summed E-state index contributed by atoms with van der Waals surface area (Å²) in [5, 5.41) is 0. The summed E-state index contributed by atoms with van der Waals surface area (Å²) in [4.78, 5) is 32.4. The van der Waals surface area contributed by atoms with E-state index in [0.29, 0.717) is 0 Å². The van der Waals surface area contributed by atoms with Gasteiger partial charge in [-0.1, -0.05) is 0 Å². The summed E-state index contributed by atoms with van der Waals surface area (Å²) < 4.78 is 8.88. The smallest absolute Gasteiger partial charge is 1.00 e. The molecule has 0 aromatic rings. The van der Waals surface area contributed by atoms with E-state index in [-0.39, 0.29) is 81.2 Å². The Kier molecular flexibility index (Phi) is 25.9. The van der Waals surface area contributed by atoms with Gasteiger partial charge >= 0.3 is 83.3 Å². The minimum Gasteiger partial charge on any atom is -1.00 e. The fraction of sp³-hybridized carbons (Fsp3) is 0.667. The van der Waals surface area contributed by atoms with Gasteiger partial charge in [0.2, 0.25) is 6.41 Å². The van der Waals surface area contributed by atoms with E-state index in [1.165, 1.54) is 4.90 Å². The van der Waals surface area contributed by atoms with Crippen molar-refractivity contribution in [2.45, 2.75) is 0 Å². The average Bonchev–Trinajstić information content (AvgIpc) is 1.61. The number of carbonyl (C=O) groups excluding carboxylic acids is 1. The van der Waals surface area contributed by atoms with Gasteiger partial charge in [0.15, 0.2) is 0 Å². The minimum atomic E-state index is -4.64. The Morgan fingerprint density at radius 2 is 1.33 bits per heavy atom. The normalized spacial score (nSPS) is 7.75. The molecule has 0 aromatic heterocycles. The van der Waals surface area contributed by atoms with Crippen LogP contribution in [0.4, 0.5) is 0 Å². The molecule has 0 heterocycles. The summed E-state index contributed by atoms with van der Waals surface area (Å²) in [6.45, 7) is 0. The van der Waals surface area contributed by atoms with Crippen LogP contribution in [0.5, 0.6) is 0 Å². The predicted octanol–water partition coefficient (Wildman–Crippen LogP) is -1.54. The van der Waals surface area contributed by atoms with Crippen molar-refractivity contribution in [2.24, 2.45) is 0 Å². The Labute approximate surface area is 136 Å². The van der Waals surface area contributed by atoms with Crippen LogP contribution in [0.1, 0.15) is 5.71 Å². The second-order valence-electron chi connectivity index (χ2n) is 1.58. The van der Waals surface area contributed by atoms with Gasteiger partial charge in [0.25, 0.3) is 0 Å². The molecular weight excluding hydrogens is 241 g/mol. The molecule has 1 amide bonds. The zero-order valence-corrected chi connectivity index (χ0v) is 12.4. The number of hydrogen-bond acceptors (Lipinski definition) is 2. The van der Waals surface area contributed by atoms with E-state index in [9.17, 15) is 4.79 Å². The molecule has 0 bridgehead atoms. The molecule has 0 rings (SSSR count). The first-order valence-corrected chi connectivity index (χ1v) is 3.74. The second-order valence-corrected chi connectivity index (χ2v) is 2.61. The molecule has 12 heavy (non-hydrogen) atoms. The molecule has 0 aliphatic rings. The molecule has 6 nitrogen and oxygen atoms in total. The minimum absolute atomic E-state index is 0. The molecule has 0 aromatic carbocycles. The van der Waals surface area contributed by atoms with E-state index in [1.54, 1.807) is 14.1 Å². The van der Waals surface area contributed by atoms with Crippen LogP contribution in [-0.2, 0) is 9.36 Å². The third-order valence-corrected chi connectivity index (χ3v) is 0.211. The number of nitrogens with zero attached hydrogens (tertiary/aromatic N) is 1. The van der Waals surface area contributed by atoms with Crippen molar-refractivity contribution < 1.29 is 29.7 Å². The van der Waals surface area contributed by atoms with Crippen LogP contribution < -0.4 is 0 Å². The molecule has 0 fully saturated rings. The van der Waals surface area contributed by atoms with Crippen molar-refractivity contribution in [1.29, 1.82) is 0 Å². The number of amides is 1. The Morgan fingerprint density at radius 3 is 1.33 bits per heavy atom. The molecule has 3 N–H and O–H groups in total. The third kappa shape index (κ3) is 88.7. The van der Waals surface area contributed by atoms with Crippen LogP contribution in [0.3, 0.4) is 0 Å². The van der Waals surface area contributed by atoms with Gasteiger partial charge in [-0.2, -0.15) is 0 Å². The summed E-state index contributed by atoms with van der Waals surface area (Å²) in [5.41, 5.74) is 0. The summed E-state index contributed by atoms with van der Waals surface area (Å²) in [6.07, 6.45) is 0.750. The molecule has 0 spiro atoms. The van der Waals surface area contributed by atoms with Gasteiger partial charge in [-0.15, -0.1) is 0 Å². The topological polar surface area (TPSA) is 98.1 Å². The van der Waals surface area contributed by atoms with Crippen molar-refractivity contribution >= 4 is 89.7 Å². The molecule has 0 aliphatic carbocycles. The van der Waals surface area contributed by atoms with E-state index in [0.717, 1.165) is 6.41 Å². The molecule has 9 heteroatoms. The van der Waals surface area contributed by atoms with Crippen molar-refractivity contribution in [3.63, 3.8) is 0 Å². The third-order valence-electron chi connectivity index (χ3n) is 0.211. The van der Waals surface area contributed by atoms with E-state index in [4.69, 9.17) is 19.2 Å². The van der Waals surface area contributed by atoms with Crippen molar-refractivity contribution in [3.05, 3.63) is 0 Å². The van der Waals surface area contributed by atoms with Crippen molar-refractivity contribution in [2.75, 3.05) is 14.1 Å².